The lowest BCUT2D eigenvalue weighted by Crippen LogP contribution is -2.07. The normalized spacial score (nSPS) is 14.7. The van der Waals surface area contributed by atoms with Gasteiger partial charge in [-0.1, -0.05) is 24.6 Å². The largest absolute Gasteiger partial charge is 0.416 e. The van der Waals surface area contributed by atoms with Crippen LogP contribution in [0.5, 0.6) is 0 Å². The summed E-state index contributed by atoms with van der Waals surface area (Å²) < 4.78 is 38.0. The Morgan fingerprint density at radius 1 is 1.33 bits per heavy atom. The Bertz CT molecular complexity index is 442. The maximum absolute atomic E-state index is 12.7. The summed E-state index contributed by atoms with van der Waals surface area (Å²) in [4.78, 5) is 0. The number of hydrogen-bond acceptors (Lipinski definition) is 0. The van der Waals surface area contributed by atoms with Gasteiger partial charge in [0.15, 0.2) is 0 Å². The number of rotatable bonds is 3. The van der Waals surface area contributed by atoms with Gasteiger partial charge in [0.05, 0.1) is 5.56 Å². The highest BCUT2D eigenvalue weighted by molar-refractivity contribution is 5.35. The predicted molar refractivity (Wildman–Crippen MR) is 68.6 cm³/mol. The topological polar surface area (TPSA) is 0 Å². The number of alkyl halides is 3. The van der Waals surface area contributed by atoms with Crippen molar-refractivity contribution in [2.75, 3.05) is 0 Å². The highest BCUT2D eigenvalue weighted by atomic mass is 19.4. The van der Waals surface area contributed by atoms with Gasteiger partial charge in [0.1, 0.15) is 0 Å². The second kappa shape index (κ2) is 5.59. The molecule has 0 N–H and O–H groups in total. The van der Waals surface area contributed by atoms with Crippen LogP contribution in [0.4, 0.5) is 13.2 Å². The molecule has 100 valence electrons. The van der Waals surface area contributed by atoms with Crippen molar-refractivity contribution in [3.63, 3.8) is 0 Å². The first kappa shape index (κ1) is 14.8. The standard InChI is InChI=1S/C15H19F3/c1-5-10(2)8-12(4)14-9-13(15(16,17)18)7-6-11(14)3/h5-7,9,12H,8H2,1-4H3. The predicted octanol–water partition coefficient (Wildman–Crippen LogP) is 5.47. The zero-order valence-corrected chi connectivity index (χ0v) is 11.2. The van der Waals surface area contributed by atoms with Gasteiger partial charge in [0.25, 0.3) is 0 Å². The molecule has 3 heteroatoms. The van der Waals surface area contributed by atoms with Crippen LogP contribution in [0, 0.1) is 6.92 Å². The molecule has 0 heterocycles. The molecule has 0 aliphatic rings. The Balaban J connectivity index is 3.08. The lowest BCUT2D eigenvalue weighted by molar-refractivity contribution is -0.137. The lowest BCUT2D eigenvalue weighted by atomic mass is 9.89. The minimum absolute atomic E-state index is 0.100. The van der Waals surface area contributed by atoms with Crippen LogP contribution < -0.4 is 0 Å². The maximum atomic E-state index is 12.7. The minimum atomic E-state index is -4.27. The van der Waals surface area contributed by atoms with Crippen molar-refractivity contribution < 1.29 is 13.2 Å². The van der Waals surface area contributed by atoms with Crippen molar-refractivity contribution in [1.29, 1.82) is 0 Å². The molecule has 0 aliphatic carbocycles. The first-order chi connectivity index (χ1) is 8.25. The molecule has 0 amide bonds. The highest BCUT2D eigenvalue weighted by Gasteiger charge is 2.31. The van der Waals surface area contributed by atoms with E-state index in [-0.39, 0.29) is 5.92 Å². The summed E-state index contributed by atoms with van der Waals surface area (Å²) in [5.74, 6) is 0.100. The van der Waals surface area contributed by atoms with Crippen LogP contribution in [0.2, 0.25) is 0 Å². The fraction of sp³-hybridized carbons (Fsp3) is 0.467. The molecule has 0 aliphatic heterocycles. The fourth-order valence-corrected chi connectivity index (χ4v) is 2.06. The number of allylic oxidation sites excluding steroid dienone is 2. The molecule has 0 saturated carbocycles. The molecule has 1 aromatic carbocycles. The third-order valence-electron chi connectivity index (χ3n) is 3.26. The molecule has 18 heavy (non-hydrogen) atoms. The van der Waals surface area contributed by atoms with Crippen molar-refractivity contribution in [2.24, 2.45) is 0 Å². The lowest BCUT2D eigenvalue weighted by Gasteiger charge is -2.17. The molecule has 0 nitrogen and oxygen atoms in total. The van der Waals surface area contributed by atoms with E-state index in [1.807, 2.05) is 33.8 Å². The second-order valence-corrected chi connectivity index (χ2v) is 4.81. The summed E-state index contributed by atoms with van der Waals surface area (Å²) in [5.41, 5.74) is 2.33. The van der Waals surface area contributed by atoms with E-state index in [4.69, 9.17) is 0 Å². The molecule has 1 unspecified atom stereocenters. The van der Waals surface area contributed by atoms with Crippen molar-refractivity contribution in [2.45, 2.75) is 46.2 Å². The van der Waals surface area contributed by atoms with Crippen LogP contribution in [-0.2, 0) is 6.18 Å². The Morgan fingerprint density at radius 3 is 2.44 bits per heavy atom. The van der Waals surface area contributed by atoms with Gasteiger partial charge in [0, 0.05) is 0 Å². The quantitative estimate of drug-likeness (QED) is 0.629. The molecule has 1 aromatic rings. The van der Waals surface area contributed by atoms with Gasteiger partial charge in [-0.2, -0.15) is 13.2 Å². The smallest absolute Gasteiger partial charge is 0.166 e. The molecule has 0 fully saturated rings. The van der Waals surface area contributed by atoms with E-state index in [9.17, 15) is 13.2 Å². The Morgan fingerprint density at radius 2 is 1.94 bits per heavy atom. The summed E-state index contributed by atoms with van der Waals surface area (Å²) in [7, 11) is 0. The van der Waals surface area contributed by atoms with Gasteiger partial charge >= 0.3 is 6.18 Å². The summed E-state index contributed by atoms with van der Waals surface area (Å²) in [6.07, 6.45) is -1.48. The van der Waals surface area contributed by atoms with Crippen LogP contribution >= 0.6 is 0 Å². The van der Waals surface area contributed by atoms with Gasteiger partial charge in [-0.3, -0.25) is 0 Å². The van der Waals surface area contributed by atoms with Gasteiger partial charge < -0.3 is 0 Å². The summed E-state index contributed by atoms with van der Waals surface area (Å²) in [5, 5.41) is 0. The molecule has 0 bridgehead atoms. The van der Waals surface area contributed by atoms with Crippen molar-refractivity contribution in [1.82, 2.24) is 0 Å². The minimum Gasteiger partial charge on any atom is -0.166 e. The van der Waals surface area contributed by atoms with E-state index in [0.29, 0.717) is 0 Å². The van der Waals surface area contributed by atoms with Gasteiger partial charge in [-0.25, -0.2) is 0 Å². The van der Waals surface area contributed by atoms with Crippen LogP contribution in [0.15, 0.2) is 29.8 Å². The highest BCUT2D eigenvalue weighted by Crippen LogP contribution is 2.34. The fourth-order valence-electron chi connectivity index (χ4n) is 2.06. The molecule has 0 radical (unpaired) electrons. The zero-order chi connectivity index (χ0) is 13.9. The van der Waals surface area contributed by atoms with Crippen LogP contribution in [0.3, 0.4) is 0 Å². The van der Waals surface area contributed by atoms with E-state index in [2.05, 4.69) is 0 Å². The maximum Gasteiger partial charge on any atom is 0.416 e. The van der Waals surface area contributed by atoms with Crippen molar-refractivity contribution in [3.05, 3.63) is 46.5 Å². The molecule has 0 aromatic heterocycles. The molecule has 1 atom stereocenters. The van der Waals surface area contributed by atoms with E-state index < -0.39 is 11.7 Å². The van der Waals surface area contributed by atoms with E-state index in [0.717, 1.165) is 23.6 Å². The Labute approximate surface area is 107 Å². The van der Waals surface area contributed by atoms with Crippen molar-refractivity contribution >= 4 is 0 Å². The summed E-state index contributed by atoms with van der Waals surface area (Å²) in [6.45, 7) is 7.77. The average molecular weight is 256 g/mol. The van der Waals surface area contributed by atoms with E-state index in [1.54, 1.807) is 6.07 Å². The van der Waals surface area contributed by atoms with Gasteiger partial charge in [-0.15, -0.1) is 0 Å². The van der Waals surface area contributed by atoms with E-state index >= 15 is 0 Å². The monoisotopic (exact) mass is 256 g/mol. The summed E-state index contributed by atoms with van der Waals surface area (Å²) >= 11 is 0. The molecule has 0 saturated heterocycles. The van der Waals surface area contributed by atoms with Crippen LogP contribution in [0.1, 0.15) is 49.8 Å². The zero-order valence-electron chi connectivity index (χ0n) is 11.2. The number of hydrogen-bond donors (Lipinski definition) is 0. The second-order valence-electron chi connectivity index (χ2n) is 4.81. The first-order valence-electron chi connectivity index (χ1n) is 6.05. The summed E-state index contributed by atoms with van der Waals surface area (Å²) in [6, 6.07) is 3.98. The third kappa shape index (κ3) is 3.62. The first-order valence-corrected chi connectivity index (χ1v) is 6.05. The number of aryl methyl sites for hydroxylation is 1. The Kier molecular flexibility index (Phi) is 4.60. The molecule has 0 spiro atoms. The number of benzene rings is 1. The van der Waals surface area contributed by atoms with Crippen LogP contribution in [-0.4, -0.2) is 0 Å². The molecular weight excluding hydrogens is 237 g/mol. The van der Waals surface area contributed by atoms with E-state index in [1.165, 1.54) is 11.6 Å². The van der Waals surface area contributed by atoms with Gasteiger partial charge in [0.2, 0.25) is 0 Å². The average Bonchev–Trinajstić information content (AvgIpc) is 2.27. The third-order valence-corrected chi connectivity index (χ3v) is 3.26. The SMILES string of the molecule is CC=C(C)CC(C)c1cc(C(F)(F)F)ccc1C. The van der Waals surface area contributed by atoms with Gasteiger partial charge in [-0.05, 0) is 56.4 Å². The Hall–Kier alpha value is -1.25. The van der Waals surface area contributed by atoms with Crippen molar-refractivity contribution in [3.8, 4) is 0 Å². The number of halogens is 3. The molecule has 1 rings (SSSR count). The molecular formula is C15H19F3. The van der Waals surface area contributed by atoms with Crippen LogP contribution in [0.25, 0.3) is 0 Å².